The smallest absolute Gasteiger partial charge is 0.318 e. The van der Waals surface area contributed by atoms with Crippen molar-refractivity contribution in [3.05, 3.63) is 35.4 Å². The van der Waals surface area contributed by atoms with Crippen LogP contribution < -0.4 is 5.32 Å². The van der Waals surface area contributed by atoms with Crippen LogP contribution in [0, 0.1) is 12.8 Å². The normalized spacial score (nSPS) is 22.9. The summed E-state index contributed by atoms with van der Waals surface area (Å²) in [6, 6.07) is 9.04. The lowest BCUT2D eigenvalue weighted by molar-refractivity contribution is 0.118. The number of carbonyl (C=O) groups is 1. The van der Waals surface area contributed by atoms with Crippen molar-refractivity contribution in [2.24, 2.45) is 5.92 Å². The fourth-order valence-electron chi connectivity index (χ4n) is 3.02. The lowest BCUT2D eigenvalue weighted by Gasteiger charge is -2.40. The van der Waals surface area contributed by atoms with Gasteiger partial charge in [-0.3, -0.25) is 0 Å². The molecule has 0 radical (unpaired) electrons. The van der Waals surface area contributed by atoms with Crippen LogP contribution in [0.2, 0.25) is 0 Å². The molecule has 1 aromatic carbocycles. The van der Waals surface area contributed by atoms with Crippen LogP contribution in [-0.2, 0) is 0 Å². The maximum absolute atomic E-state index is 12.4. The number of rotatable bonds is 2. The van der Waals surface area contributed by atoms with Crippen molar-refractivity contribution in [3.63, 3.8) is 0 Å². The average Bonchev–Trinajstić information content (AvgIpc) is 2.39. The maximum atomic E-state index is 12.4. The lowest BCUT2D eigenvalue weighted by atomic mass is 9.86. The summed E-state index contributed by atoms with van der Waals surface area (Å²) in [6.07, 6.45) is 2.28. The van der Waals surface area contributed by atoms with E-state index in [0.29, 0.717) is 5.92 Å². The Bertz CT molecular complexity index is 453. The second kappa shape index (κ2) is 6.29. The first kappa shape index (κ1) is 14.9. The van der Waals surface area contributed by atoms with Crippen LogP contribution in [0.25, 0.3) is 0 Å². The quantitative estimate of drug-likeness (QED) is 0.872. The van der Waals surface area contributed by atoms with Crippen molar-refractivity contribution < 1.29 is 4.79 Å². The molecule has 1 saturated heterocycles. The van der Waals surface area contributed by atoms with Crippen LogP contribution in [0.3, 0.4) is 0 Å². The van der Waals surface area contributed by atoms with Gasteiger partial charge in [0, 0.05) is 12.6 Å². The van der Waals surface area contributed by atoms with Gasteiger partial charge in [0.25, 0.3) is 0 Å². The number of urea groups is 1. The third kappa shape index (κ3) is 3.33. The molecule has 0 bridgehead atoms. The van der Waals surface area contributed by atoms with E-state index in [4.69, 9.17) is 0 Å². The molecule has 1 aliphatic rings. The fourth-order valence-corrected chi connectivity index (χ4v) is 3.02. The topological polar surface area (TPSA) is 32.3 Å². The Morgan fingerprint density at radius 3 is 2.55 bits per heavy atom. The Balaban J connectivity index is 2.24. The molecule has 1 fully saturated rings. The summed E-state index contributed by atoms with van der Waals surface area (Å²) >= 11 is 0. The van der Waals surface area contributed by atoms with Crippen molar-refractivity contribution in [1.29, 1.82) is 0 Å². The molecule has 1 N–H and O–H groups in total. The summed E-state index contributed by atoms with van der Waals surface area (Å²) in [7, 11) is 0. The van der Waals surface area contributed by atoms with Gasteiger partial charge >= 0.3 is 6.03 Å². The monoisotopic (exact) mass is 274 g/mol. The summed E-state index contributed by atoms with van der Waals surface area (Å²) in [5, 5.41) is 3.03. The summed E-state index contributed by atoms with van der Waals surface area (Å²) in [4.78, 5) is 14.4. The Hall–Kier alpha value is -1.51. The number of carbonyl (C=O) groups excluding carboxylic acids is 1. The number of hydrogen-bond acceptors (Lipinski definition) is 1. The van der Waals surface area contributed by atoms with E-state index in [-0.39, 0.29) is 18.1 Å². The Labute approximate surface area is 122 Å². The molecule has 0 saturated carbocycles. The highest BCUT2D eigenvalue weighted by molar-refractivity contribution is 5.75. The van der Waals surface area contributed by atoms with Gasteiger partial charge < -0.3 is 10.2 Å². The number of nitrogens with zero attached hydrogens (tertiary/aromatic N) is 1. The number of aryl methyl sites for hydroxylation is 1. The molecule has 3 heteroatoms. The third-order valence-corrected chi connectivity index (χ3v) is 4.03. The third-order valence-electron chi connectivity index (χ3n) is 4.03. The SMILES string of the molecule is Cc1ccc([C@@H]2[C@@H](C)CCCN2C(=O)NC(C)C)cc1. The number of hydrogen-bond donors (Lipinski definition) is 1. The standard InChI is InChI=1S/C17H26N2O/c1-12(2)18-17(20)19-11-5-6-14(4)16(19)15-9-7-13(3)8-10-15/h7-10,12,14,16H,5-6,11H2,1-4H3,(H,18,20)/t14-,16-/m0/s1. The van der Waals surface area contributed by atoms with Crippen LogP contribution in [0.15, 0.2) is 24.3 Å². The first-order chi connectivity index (χ1) is 9.49. The van der Waals surface area contributed by atoms with Crippen molar-refractivity contribution in [3.8, 4) is 0 Å². The van der Waals surface area contributed by atoms with Gasteiger partial charge in [-0.2, -0.15) is 0 Å². The van der Waals surface area contributed by atoms with Crippen molar-refractivity contribution in [1.82, 2.24) is 10.2 Å². The van der Waals surface area contributed by atoms with Gasteiger partial charge in [0.05, 0.1) is 6.04 Å². The van der Waals surface area contributed by atoms with Gasteiger partial charge in [-0.1, -0.05) is 36.8 Å². The van der Waals surface area contributed by atoms with E-state index >= 15 is 0 Å². The van der Waals surface area contributed by atoms with Gasteiger partial charge in [-0.15, -0.1) is 0 Å². The average molecular weight is 274 g/mol. The maximum Gasteiger partial charge on any atom is 0.318 e. The number of benzene rings is 1. The number of amides is 2. The summed E-state index contributed by atoms with van der Waals surface area (Å²) in [5.74, 6) is 0.504. The Morgan fingerprint density at radius 2 is 1.95 bits per heavy atom. The zero-order valence-corrected chi connectivity index (χ0v) is 13.0. The van der Waals surface area contributed by atoms with Crippen LogP contribution >= 0.6 is 0 Å². The molecule has 1 aromatic rings. The first-order valence-corrected chi connectivity index (χ1v) is 7.62. The fraction of sp³-hybridized carbons (Fsp3) is 0.588. The van der Waals surface area contributed by atoms with Crippen molar-refractivity contribution >= 4 is 6.03 Å². The van der Waals surface area contributed by atoms with Crippen molar-refractivity contribution in [2.45, 2.75) is 52.6 Å². The predicted molar refractivity (Wildman–Crippen MR) is 82.7 cm³/mol. The highest BCUT2D eigenvalue weighted by atomic mass is 16.2. The lowest BCUT2D eigenvalue weighted by Crippen LogP contribution is -2.48. The van der Waals surface area contributed by atoms with Crippen LogP contribution in [0.1, 0.15) is 50.8 Å². The minimum atomic E-state index is 0.0668. The summed E-state index contributed by atoms with van der Waals surface area (Å²) in [5.41, 5.74) is 2.51. The van der Waals surface area contributed by atoms with Gasteiger partial charge in [-0.05, 0) is 45.1 Å². The van der Waals surface area contributed by atoms with E-state index < -0.39 is 0 Å². The van der Waals surface area contributed by atoms with Gasteiger partial charge in [0.15, 0.2) is 0 Å². The number of nitrogens with one attached hydrogen (secondary N) is 1. The van der Waals surface area contributed by atoms with E-state index in [2.05, 4.69) is 43.4 Å². The summed E-state index contributed by atoms with van der Waals surface area (Å²) in [6.45, 7) is 9.20. The highest BCUT2D eigenvalue weighted by Crippen LogP contribution is 2.35. The molecule has 3 nitrogen and oxygen atoms in total. The highest BCUT2D eigenvalue weighted by Gasteiger charge is 2.33. The Morgan fingerprint density at radius 1 is 1.30 bits per heavy atom. The number of likely N-dealkylation sites (tertiary alicyclic amines) is 1. The molecule has 2 atom stereocenters. The molecule has 0 spiro atoms. The molecule has 20 heavy (non-hydrogen) atoms. The predicted octanol–water partition coefficient (Wildman–Crippen LogP) is 3.89. The van der Waals surface area contributed by atoms with E-state index in [1.165, 1.54) is 17.5 Å². The van der Waals surface area contributed by atoms with E-state index in [0.717, 1.165) is 13.0 Å². The molecule has 2 amide bonds. The minimum Gasteiger partial charge on any atom is -0.336 e. The molecule has 0 aromatic heterocycles. The number of piperidine rings is 1. The molecule has 1 aliphatic heterocycles. The van der Waals surface area contributed by atoms with Gasteiger partial charge in [-0.25, -0.2) is 4.79 Å². The van der Waals surface area contributed by atoms with Crippen LogP contribution in [0.4, 0.5) is 4.79 Å². The Kier molecular flexibility index (Phi) is 4.69. The largest absolute Gasteiger partial charge is 0.336 e. The molecule has 2 rings (SSSR count). The molecule has 0 aliphatic carbocycles. The second-order valence-corrected chi connectivity index (χ2v) is 6.27. The van der Waals surface area contributed by atoms with Crippen LogP contribution in [0.5, 0.6) is 0 Å². The molecule has 0 unspecified atom stereocenters. The van der Waals surface area contributed by atoms with E-state index in [1.807, 2.05) is 18.7 Å². The van der Waals surface area contributed by atoms with E-state index in [9.17, 15) is 4.79 Å². The van der Waals surface area contributed by atoms with Gasteiger partial charge in [0.2, 0.25) is 0 Å². The van der Waals surface area contributed by atoms with Crippen LogP contribution in [-0.4, -0.2) is 23.5 Å². The first-order valence-electron chi connectivity index (χ1n) is 7.62. The summed E-state index contributed by atoms with van der Waals surface area (Å²) < 4.78 is 0. The minimum absolute atomic E-state index is 0.0668. The van der Waals surface area contributed by atoms with Gasteiger partial charge in [0.1, 0.15) is 0 Å². The second-order valence-electron chi connectivity index (χ2n) is 6.27. The zero-order valence-electron chi connectivity index (χ0n) is 13.0. The molecular weight excluding hydrogens is 248 g/mol. The molecule has 110 valence electrons. The van der Waals surface area contributed by atoms with E-state index in [1.54, 1.807) is 0 Å². The zero-order chi connectivity index (χ0) is 14.7. The molecular formula is C17H26N2O. The van der Waals surface area contributed by atoms with Crippen molar-refractivity contribution in [2.75, 3.05) is 6.54 Å². The molecule has 1 heterocycles.